The SMILES string of the molecule is CCOC(=O)N1CCc2cc3c(cc2CC1)OC[C@H](C)C3. The first-order valence-corrected chi connectivity index (χ1v) is 7.86. The van der Waals surface area contributed by atoms with Crippen LogP contribution in [0, 0.1) is 5.92 Å². The van der Waals surface area contributed by atoms with E-state index in [0.29, 0.717) is 12.5 Å². The fraction of sp³-hybridized carbons (Fsp3) is 0.588. The summed E-state index contributed by atoms with van der Waals surface area (Å²) in [5.74, 6) is 1.62. The Morgan fingerprint density at radius 2 is 2.00 bits per heavy atom. The smallest absolute Gasteiger partial charge is 0.409 e. The highest BCUT2D eigenvalue weighted by atomic mass is 16.6. The maximum absolute atomic E-state index is 11.9. The monoisotopic (exact) mass is 289 g/mol. The van der Waals surface area contributed by atoms with E-state index in [1.807, 2.05) is 11.8 Å². The molecule has 2 aliphatic rings. The number of fused-ring (bicyclic) bond motifs is 2. The first-order valence-electron chi connectivity index (χ1n) is 7.86. The molecular weight excluding hydrogens is 266 g/mol. The number of carbonyl (C=O) groups excluding carboxylic acids is 1. The zero-order chi connectivity index (χ0) is 14.8. The first-order chi connectivity index (χ1) is 10.2. The van der Waals surface area contributed by atoms with Crippen LogP contribution in [0.15, 0.2) is 12.1 Å². The van der Waals surface area contributed by atoms with Crippen molar-refractivity contribution in [3.05, 3.63) is 28.8 Å². The number of benzene rings is 1. The van der Waals surface area contributed by atoms with Crippen LogP contribution in [0.2, 0.25) is 0 Å². The highest BCUT2D eigenvalue weighted by Gasteiger charge is 2.23. The summed E-state index contributed by atoms with van der Waals surface area (Å²) in [4.78, 5) is 13.7. The Morgan fingerprint density at radius 1 is 1.29 bits per heavy atom. The van der Waals surface area contributed by atoms with Gasteiger partial charge in [-0.3, -0.25) is 0 Å². The van der Waals surface area contributed by atoms with Crippen LogP contribution in [-0.2, 0) is 24.0 Å². The molecule has 0 aliphatic carbocycles. The number of hydrogen-bond donors (Lipinski definition) is 0. The summed E-state index contributed by atoms with van der Waals surface area (Å²) in [6, 6.07) is 4.47. The summed E-state index contributed by atoms with van der Waals surface area (Å²) in [7, 11) is 0. The van der Waals surface area contributed by atoms with Gasteiger partial charge in [0.2, 0.25) is 0 Å². The second-order valence-corrected chi connectivity index (χ2v) is 6.03. The fourth-order valence-corrected chi connectivity index (χ4v) is 3.16. The maximum Gasteiger partial charge on any atom is 0.409 e. The molecule has 0 spiro atoms. The number of carbonyl (C=O) groups is 1. The second kappa shape index (κ2) is 5.96. The Hall–Kier alpha value is -1.71. The minimum Gasteiger partial charge on any atom is -0.493 e. The quantitative estimate of drug-likeness (QED) is 0.798. The van der Waals surface area contributed by atoms with Crippen molar-refractivity contribution < 1.29 is 14.3 Å². The van der Waals surface area contributed by atoms with Crippen molar-refractivity contribution in [2.75, 3.05) is 26.3 Å². The molecule has 3 rings (SSSR count). The molecule has 4 heteroatoms. The molecular formula is C17H23NO3. The van der Waals surface area contributed by atoms with Gasteiger partial charge in [-0.25, -0.2) is 4.79 Å². The average molecular weight is 289 g/mol. The van der Waals surface area contributed by atoms with Crippen molar-refractivity contribution in [3.8, 4) is 5.75 Å². The molecule has 0 aromatic heterocycles. The van der Waals surface area contributed by atoms with E-state index < -0.39 is 0 Å². The van der Waals surface area contributed by atoms with Gasteiger partial charge >= 0.3 is 6.09 Å². The van der Waals surface area contributed by atoms with Gasteiger partial charge in [-0.2, -0.15) is 0 Å². The van der Waals surface area contributed by atoms with Crippen molar-refractivity contribution in [2.45, 2.75) is 33.1 Å². The normalized spacial score (nSPS) is 20.9. The van der Waals surface area contributed by atoms with Crippen LogP contribution >= 0.6 is 0 Å². The number of amides is 1. The van der Waals surface area contributed by atoms with Gasteiger partial charge in [-0.15, -0.1) is 0 Å². The molecule has 0 saturated carbocycles. The van der Waals surface area contributed by atoms with Crippen molar-refractivity contribution in [1.29, 1.82) is 0 Å². The van der Waals surface area contributed by atoms with Gasteiger partial charge in [0.25, 0.3) is 0 Å². The van der Waals surface area contributed by atoms with E-state index in [1.165, 1.54) is 16.7 Å². The molecule has 1 aromatic carbocycles. The van der Waals surface area contributed by atoms with Crippen LogP contribution in [-0.4, -0.2) is 37.3 Å². The van der Waals surface area contributed by atoms with E-state index in [9.17, 15) is 4.79 Å². The van der Waals surface area contributed by atoms with E-state index in [2.05, 4.69) is 19.1 Å². The van der Waals surface area contributed by atoms with E-state index >= 15 is 0 Å². The molecule has 1 atom stereocenters. The van der Waals surface area contributed by atoms with E-state index in [0.717, 1.165) is 44.7 Å². The summed E-state index contributed by atoms with van der Waals surface area (Å²) in [5, 5.41) is 0. The van der Waals surface area contributed by atoms with Crippen LogP contribution in [0.1, 0.15) is 30.5 Å². The van der Waals surface area contributed by atoms with Crippen LogP contribution in [0.3, 0.4) is 0 Å². The summed E-state index contributed by atoms with van der Waals surface area (Å²) in [6.07, 6.45) is 2.67. The third kappa shape index (κ3) is 2.99. The van der Waals surface area contributed by atoms with Gasteiger partial charge < -0.3 is 14.4 Å². The van der Waals surface area contributed by atoms with Crippen LogP contribution in [0.25, 0.3) is 0 Å². The molecule has 0 fully saturated rings. The van der Waals surface area contributed by atoms with Crippen molar-refractivity contribution in [2.24, 2.45) is 5.92 Å². The molecule has 0 N–H and O–H groups in total. The lowest BCUT2D eigenvalue weighted by molar-refractivity contribution is 0.109. The lowest BCUT2D eigenvalue weighted by atomic mass is 9.92. The molecule has 114 valence electrons. The van der Waals surface area contributed by atoms with Crippen LogP contribution < -0.4 is 4.74 Å². The van der Waals surface area contributed by atoms with Crippen molar-refractivity contribution in [1.82, 2.24) is 4.90 Å². The van der Waals surface area contributed by atoms with Gasteiger partial charge in [0.1, 0.15) is 5.75 Å². The van der Waals surface area contributed by atoms with E-state index in [4.69, 9.17) is 9.47 Å². The first kappa shape index (κ1) is 14.2. The molecule has 2 aliphatic heterocycles. The van der Waals surface area contributed by atoms with Crippen molar-refractivity contribution in [3.63, 3.8) is 0 Å². The Bertz CT molecular complexity index is 541. The Morgan fingerprint density at radius 3 is 2.71 bits per heavy atom. The fourth-order valence-electron chi connectivity index (χ4n) is 3.16. The number of nitrogens with zero attached hydrogens (tertiary/aromatic N) is 1. The summed E-state index contributed by atoms with van der Waals surface area (Å²) in [6.45, 7) is 6.76. The molecule has 1 aromatic rings. The highest BCUT2D eigenvalue weighted by Crippen LogP contribution is 2.31. The predicted molar refractivity (Wildman–Crippen MR) is 80.8 cm³/mol. The van der Waals surface area contributed by atoms with E-state index in [1.54, 1.807) is 0 Å². The maximum atomic E-state index is 11.9. The summed E-state index contributed by atoms with van der Waals surface area (Å²) < 4.78 is 11.0. The molecule has 4 nitrogen and oxygen atoms in total. The Kier molecular flexibility index (Phi) is 4.04. The zero-order valence-corrected chi connectivity index (χ0v) is 12.9. The molecule has 0 saturated heterocycles. The van der Waals surface area contributed by atoms with Gasteiger partial charge in [-0.1, -0.05) is 13.0 Å². The molecule has 0 bridgehead atoms. The third-order valence-electron chi connectivity index (χ3n) is 4.30. The third-order valence-corrected chi connectivity index (χ3v) is 4.30. The second-order valence-electron chi connectivity index (χ2n) is 6.03. The van der Waals surface area contributed by atoms with E-state index in [-0.39, 0.29) is 6.09 Å². The predicted octanol–water partition coefficient (Wildman–Crippen LogP) is 2.81. The van der Waals surface area contributed by atoms with Gasteiger partial charge in [0, 0.05) is 13.1 Å². The Balaban J connectivity index is 1.78. The minimum atomic E-state index is -0.194. The lowest BCUT2D eigenvalue weighted by Crippen LogP contribution is -2.33. The lowest BCUT2D eigenvalue weighted by Gasteiger charge is -2.24. The Labute approximate surface area is 126 Å². The number of ether oxygens (including phenoxy) is 2. The van der Waals surface area contributed by atoms with Gasteiger partial charge in [0.15, 0.2) is 0 Å². The molecule has 0 radical (unpaired) electrons. The minimum absolute atomic E-state index is 0.194. The molecule has 21 heavy (non-hydrogen) atoms. The number of rotatable bonds is 1. The number of hydrogen-bond acceptors (Lipinski definition) is 3. The average Bonchev–Trinajstić information content (AvgIpc) is 2.67. The van der Waals surface area contributed by atoms with Gasteiger partial charge in [-0.05, 0) is 54.9 Å². The molecule has 2 heterocycles. The standard InChI is InChI=1S/C17H23NO3/c1-3-20-17(19)18-6-4-13-9-15-8-12(2)11-21-16(15)10-14(13)5-7-18/h9-10,12H,3-8,11H2,1-2H3/t12-/m1/s1. The van der Waals surface area contributed by atoms with Crippen LogP contribution in [0.5, 0.6) is 5.75 Å². The molecule has 0 unspecified atom stereocenters. The molecule has 1 amide bonds. The highest BCUT2D eigenvalue weighted by molar-refractivity contribution is 5.67. The topological polar surface area (TPSA) is 38.8 Å². The largest absolute Gasteiger partial charge is 0.493 e. The van der Waals surface area contributed by atoms with Crippen LogP contribution in [0.4, 0.5) is 4.79 Å². The zero-order valence-electron chi connectivity index (χ0n) is 12.9. The summed E-state index contributed by atoms with van der Waals surface area (Å²) >= 11 is 0. The van der Waals surface area contributed by atoms with Gasteiger partial charge in [0.05, 0.1) is 13.2 Å². The summed E-state index contributed by atoms with van der Waals surface area (Å²) in [5.41, 5.74) is 3.99. The van der Waals surface area contributed by atoms with Crippen molar-refractivity contribution >= 4 is 6.09 Å².